The van der Waals surface area contributed by atoms with Gasteiger partial charge in [0.25, 0.3) is 0 Å². The molecule has 1 heterocycles. The lowest BCUT2D eigenvalue weighted by Crippen LogP contribution is -2.34. The van der Waals surface area contributed by atoms with Gasteiger partial charge in [0.05, 0.1) is 11.9 Å². The average Bonchev–Trinajstić information content (AvgIpc) is 2.21. The van der Waals surface area contributed by atoms with Crippen molar-refractivity contribution in [3.8, 4) is 0 Å². The molecule has 0 bridgehead atoms. The highest BCUT2D eigenvalue weighted by Gasteiger charge is 2.04. The first kappa shape index (κ1) is 10.9. The van der Waals surface area contributed by atoms with E-state index in [-0.39, 0.29) is 0 Å². The summed E-state index contributed by atoms with van der Waals surface area (Å²) in [5.74, 6) is 0. The first-order valence-electron chi connectivity index (χ1n) is 4.73. The van der Waals surface area contributed by atoms with Gasteiger partial charge in [0.15, 0.2) is 5.11 Å². The zero-order valence-electron chi connectivity index (χ0n) is 8.53. The van der Waals surface area contributed by atoms with Crippen LogP contribution in [0.5, 0.6) is 0 Å². The second-order valence-electron chi connectivity index (χ2n) is 2.84. The molecule has 0 aliphatic heterocycles. The molecule has 0 aliphatic carbocycles. The number of nitrogens with zero attached hydrogens (tertiary/aromatic N) is 2. The van der Waals surface area contributed by atoms with Gasteiger partial charge in [-0.3, -0.25) is 4.98 Å². The summed E-state index contributed by atoms with van der Waals surface area (Å²) in [7, 11) is 0. The van der Waals surface area contributed by atoms with Crippen LogP contribution in [0.4, 0.5) is 5.69 Å². The van der Waals surface area contributed by atoms with Crippen molar-refractivity contribution in [3.05, 3.63) is 24.5 Å². The van der Waals surface area contributed by atoms with Crippen LogP contribution in [-0.4, -0.2) is 28.1 Å². The van der Waals surface area contributed by atoms with Crippen LogP contribution in [0.15, 0.2) is 24.5 Å². The third-order valence-electron chi connectivity index (χ3n) is 1.96. The van der Waals surface area contributed by atoms with Crippen molar-refractivity contribution in [1.82, 2.24) is 9.88 Å². The molecule has 0 fully saturated rings. The van der Waals surface area contributed by atoms with Crippen LogP contribution in [0, 0.1) is 0 Å². The minimum Gasteiger partial charge on any atom is -0.350 e. The van der Waals surface area contributed by atoms with E-state index in [0.29, 0.717) is 0 Å². The van der Waals surface area contributed by atoms with E-state index in [1.54, 1.807) is 12.4 Å². The van der Waals surface area contributed by atoms with Crippen molar-refractivity contribution in [3.63, 3.8) is 0 Å². The third-order valence-corrected chi connectivity index (χ3v) is 2.32. The van der Waals surface area contributed by atoms with Crippen LogP contribution in [0.25, 0.3) is 0 Å². The molecule has 0 aliphatic rings. The number of anilines is 1. The van der Waals surface area contributed by atoms with E-state index in [4.69, 9.17) is 12.2 Å². The summed E-state index contributed by atoms with van der Waals surface area (Å²) in [6.07, 6.45) is 3.50. The van der Waals surface area contributed by atoms with Crippen LogP contribution in [0.1, 0.15) is 13.8 Å². The maximum absolute atomic E-state index is 5.24. The molecule has 1 N–H and O–H groups in total. The quantitative estimate of drug-likeness (QED) is 0.772. The summed E-state index contributed by atoms with van der Waals surface area (Å²) in [5.41, 5.74) is 0.935. The predicted octanol–water partition coefficient (Wildman–Crippen LogP) is 2.12. The summed E-state index contributed by atoms with van der Waals surface area (Å²) in [4.78, 5) is 6.09. The molecule has 0 spiro atoms. The highest BCUT2D eigenvalue weighted by molar-refractivity contribution is 7.80. The van der Waals surface area contributed by atoms with Crippen molar-refractivity contribution in [2.75, 3.05) is 18.4 Å². The molecule has 0 atom stereocenters. The Bertz CT molecular complexity index is 283. The number of aromatic nitrogens is 1. The minimum atomic E-state index is 0.753. The molecule has 0 saturated carbocycles. The number of nitrogens with one attached hydrogen (secondary N) is 1. The Morgan fingerprint density at radius 2 is 2.21 bits per heavy atom. The van der Waals surface area contributed by atoms with Gasteiger partial charge < -0.3 is 10.2 Å². The summed E-state index contributed by atoms with van der Waals surface area (Å²) < 4.78 is 0. The summed E-state index contributed by atoms with van der Waals surface area (Å²) in [6, 6.07) is 3.83. The number of hydrogen-bond donors (Lipinski definition) is 1. The molecule has 0 amide bonds. The summed E-state index contributed by atoms with van der Waals surface area (Å²) in [5, 5.41) is 3.89. The fourth-order valence-electron chi connectivity index (χ4n) is 1.15. The van der Waals surface area contributed by atoms with E-state index in [1.807, 2.05) is 12.1 Å². The lowest BCUT2D eigenvalue weighted by Gasteiger charge is -2.22. The lowest BCUT2D eigenvalue weighted by atomic mass is 10.4. The molecule has 4 heteroatoms. The van der Waals surface area contributed by atoms with E-state index >= 15 is 0 Å². The van der Waals surface area contributed by atoms with Crippen molar-refractivity contribution in [2.45, 2.75) is 13.8 Å². The molecule has 0 aromatic carbocycles. The molecule has 1 rings (SSSR count). The molecule has 3 nitrogen and oxygen atoms in total. The highest BCUT2D eigenvalue weighted by atomic mass is 32.1. The van der Waals surface area contributed by atoms with Gasteiger partial charge in [-0.05, 0) is 38.2 Å². The number of hydrogen-bond acceptors (Lipinski definition) is 2. The van der Waals surface area contributed by atoms with E-state index in [1.165, 1.54) is 0 Å². The van der Waals surface area contributed by atoms with Gasteiger partial charge in [0.2, 0.25) is 0 Å². The Balaban J connectivity index is 2.57. The second-order valence-corrected chi connectivity index (χ2v) is 3.23. The SMILES string of the molecule is CCN(CC)C(=S)Nc1cccnc1. The van der Waals surface area contributed by atoms with Crippen LogP contribution >= 0.6 is 12.2 Å². The van der Waals surface area contributed by atoms with Gasteiger partial charge >= 0.3 is 0 Å². The largest absolute Gasteiger partial charge is 0.350 e. The molecule has 0 saturated heterocycles. The number of thiocarbonyl (C=S) groups is 1. The van der Waals surface area contributed by atoms with Gasteiger partial charge in [0, 0.05) is 19.3 Å². The van der Waals surface area contributed by atoms with E-state index in [9.17, 15) is 0 Å². The first-order valence-corrected chi connectivity index (χ1v) is 5.14. The topological polar surface area (TPSA) is 28.2 Å². The first-order chi connectivity index (χ1) is 6.77. The molecular formula is C10H15N3S. The number of rotatable bonds is 3. The summed E-state index contributed by atoms with van der Waals surface area (Å²) >= 11 is 5.24. The van der Waals surface area contributed by atoms with E-state index in [0.717, 1.165) is 23.9 Å². The predicted molar refractivity (Wildman–Crippen MR) is 63.4 cm³/mol. The van der Waals surface area contributed by atoms with E-state index < -0.39 is 0 Å². The van der Waals surface area contributed by atoms with Crippen molar-refractivity contribution >= 4 is 23.0 Å². The number of pyridine rings is 1. The molecule has 76 valence electrons. The molecule has 1 aromatic rings. The van der Waals surface area contributed by atoms with Crippen molar-refractivity contribution in [2.24, 2.45) is 0 Å². The Morgan fingerprint density at radius 3 is 2.71 bits per heavy atom. The standard InChI is InChI=1S/C10H15N3S/c1-3-13(4-2)10(14)12-9-6-5-7-11-8-9/h5-8H,3-4H2,1-2H3,(H,12,14). The fourth-order valence-corrected chi connectivity index (χ4v) is 1.53. The van der Waals surface area contributed by atoms with Crippen molar-refractivity contribution in [1.29, 1.82) is 0 Å². The normalized spacial score (nSPS) is 9.57. The van der Waals surface area contributed by atoms with Crippen molar-refractivity contribution < 1.29 is 0 Å². The molecule has 1 aromatic heterocycles. The average molecular weight is 209 g/mol. The molecule has 0 unspecified atom stereocenters. The maximum atomic E-state index is 5.24. The monoisotopic (exact) mass is 209 g/mol. The molecule has 0 radical (unpaired) electrons. The summed E-state index contributed by atoms with van der Waals surface area (Å²) in [6.45, 7) is 6.01. The van der Waals surface area contributed by atoms with Gasteiger partial charge in [-0.1, -0.05) is 0 Å². The van der Waals surface area contributed by atoms with Crippen LogP contribution in [-0.2, 0) is 0 Å². The Morgan fingerprint density at radius 1 is 1.50 bits per heavy atom. The second kappa shape index (κ2) is 5.54. The van der Waals surface area contributed by atoms with E-state index in [2.05, 4.69) is 29.0 Å². The fraction of sp³-hybridized carbons (Fsp3) is 0.400. The zero-order chi connectivity index (χ0) is 10.4. The smallest absolute Gasteiger partial charge is 0.173 e. The van der Waals surface area contributed by atoms with Crippen LogP contribution < -0.4 is 5.32 Å². The highest BCUT2D eigenvalue weighted by Crippen LogP contribution is 2.04. The molecule has 14 heavy (non-hydrogen) atoms. The Kier molecular flexibility index (Phi) is 4.32. The van der Waals surface area contributed by atoms with Crippen LogP contribution in [0.2, 0.25) is 0 Å². The maximum Gasteiger partial charge on any atom is 0.173 e. The minimum absolute atomic E-state index is 0.753. The zero-order valence-corrected chi connectivity index (χ0v) is 9.34. The molecular weight excluding hydrogens is 194 g/mol. The van der Waals surface area contributed by atoms with Gasteiger partial charge in [-0.25, -0.2) is 0 Å². The third kappa shape index (κ3) is 2.96. The Hall–Kier alpha value is -1.16. The van der Waals surface area contributed by atoms with Gasteiger partial charge in [0.1, 0.15) is 0 Å². The van der Waals surface area contributed by atoms with Gasteiger partial charge in [-0.2, -0.15) is 0 Å². The lowest BCUT2D eigenvalue weighted by molar-refractivity contribution is 0.473. The van der Waals surface area contributed by atoms with Gasteiger partial charge in [-0.15, -0.1) is 0 Å². The Labute approximate surface area is 90.1 Å². The van der Waals surface area contributed by atoms with Crippen LogP contribution in [0.3, 0.4) is 0 Å².